The molecule has 0 heterocycles. The highest BCUT2D eigenvalue weighted by Crippen LogP contribution is 2.63. The van der Waals surface area contributed by atoms with E-state index in [0.29, 0.717) is 10.3 Å². The highest BCUT2D eigenvalue weighted by atomic mass is 31.1. The Labute approximate surface area is 200 Å². The molecular formula is C30H44P2. The van der Waals surface area contributed by atoms with E-state index in [2.05, 4.69) is 88.4 Å². The van der Waals surface area contributed by atoms with Crippen molar-refractivity contribution in [1.29, 1.82) is 0 Å². The van der Waals surface area contributed by atoms with E-state index in [0.717, 1.165) is 11.3 Å². The van der Waals surface area contributed by atoms with Crippen molar-refractivity contribution >= 4 is 26.5 Å². The SMILES string of the molecule is CC(C)(CCC(C)(C)P(c1ccccc1)C1CCCC1)P(c1ccccc1)C1CCCC1. The molecule has 2 aromatic rings. The van der Waals surface area contributed by atoms with E-state index in [9.17, 15) is 0 Å². The molecule has 0 nitrogen and oxygen atoms in total. The van der Waals surface area contributed by atoms with Crippen LogP contribution in [0.15, 0.2) is 60.7 Å². The summed E-state index contributed by atoms with van der Waals surface area (Å²) in [6.07, 6.45) is 14.3. The van der Waals surface area contributed by atoms with Crippen LogP contribution in [0, 0.1) is 0 Å². The Morgan fingerprint density at radius 1 is 0.562 bits per heavy atom. The third kappa shape index (κ3) is 5.68. The Kier molecular flexibility index (Phi) is 8.17. The van der Waals surface area contributed by atoms with Gasteiger partial charge in [0, 0.05) is 0 Å². The largest absolute Gasteiger partial charge is 0.0663 e. The second-order valence-electron chi connectivity index (χ2n) is 11.4. The molecular weight excluding hydrogens is 422 g/mol. The van der Waals surface area contributed by atoms with Gasteiger partial charge in [-0.3, -0.25) is 0 Å². The summed E-state index contributed by atoms with van der Waals surface area (Å²) in [5.74, 6) is 0. The molecule has 2 aliphatic rings. The van der Waals surface area contributed by atoms with Gasteiger partial charge in [-0.25, -0.2) is 0 Å². The predicted octanol–water partition coefficient (Wildman–Crippen LogP) is 8.82. The molecule has 4 rings (SSSR count). The third-order valence-corrected chi connectivity index (χ3v) is 15.4. The highest BCUT2D eigenvalue weighted by molar-refractivity contribution is 7.68. The monoisotopic (exact) mass is 466 g/mol. The summed E-state index contributed by atoms with van der Waals surface area (Å²) in [6, 6.07) is 23.2. The molecule has 2 saturated carbocycles. The second-order valence-corrected chi connectivity index (χ2v) is 17.8. The van der Waals surface area contributed by atoms with Crippen molar-refractivity contribution in [3.8, 4) is 0 Å². The summed E-state index contributed by atoms with van der Waals surface area (Å²) in [7, 11) is -0.260. The van der Waals surface area contributed by atoms with Gasteiger partial charge in [0.15, 0.2) is 0 Å². The van der Waals surface area contributed by atoms with Crippen molar-refractivity contribution in [2.24, 2.45) is 0 Å². The molecule has 0 aliphatic heterocycles. The highest BCUT2D eigenvalue weighted by Gasteiger charge is 2.41. The van der Waals surface area contributed by atoms with Gasteiger partial charge in [0.25, 0.3) is 0 Å². The lowest BCUT2D eigenvalue weighted by Crippen LogP contribution is -2.34. The summed E-state index contributed by atoms with van der Waals surface area (Å²) >= 11 is 0. The molecule has 0 radical (unpaired) electrons. The summed E-state index contributed by atoms with van der Waals surface area (Å²) in [4.78, 5) is 0. The van der Waals surface area contributed by atoms with E-state index in [4.69, 9.17) is 0 Å². The third-order valence-electron chi connectivity index (χ3n) is 8.10. The Morgan fingerprint density at radius 2 is 0.875 bits per heavy atom. The topological polar surface area (TPSA) is 0 Å². The van der Waals surface area contributed by atoms with Gasteiger partial charge < -0.3 is 0 Å². The number of hydrogen-bond donors (Lipinski definition) is 0. The van der Waals surface area contributed by atoms with Crippen molar-refractivity contribution in [2.45, 2.75) is 114 Å². The molecule has 0 bridgehead atoms. The zero-order valence-electron chi connectivity index (χ0n) is 20.9. The molecule has 2 unspecified atom stereocenters. The first-order chi connectivity index (χ1) is 15.4. The molecule has 2 heteroatoms. The molecule has 2 aliphatic carbocycles. The van der Waals surface area contributed by atoms with Gasteiger partial charge in [-0.2, -0.15) is 0 Å². The summed E-state index contributed by atoms with van der Waals surface area (Å²) in [5, 5.41) is 4.10. The molecule has 0 spiro atoms. The van der Waals surface area contributed by atoms with Crippen LogP contribution in [-0.4, -0.2) is 21.6 Å². The minimum absolute atomic E-state index is 0.130. The second kappa shape index (κ2) is 10.7. The summed E-state index contributed by atoms with van der Waals surface area (Å²) < 4.78 is 0. The van der Waals surface area contributed by atoms with Gasteiger partial charge in [-0.05, 0) is 70.8 Å². The van der Waals surface area contributed by atoms with Crippen molar-refractivity contribution < 1.29 is 0 Å². The fourth-order valence-corrected chi connectivity index (χ4v) is 14.1. The van der Waals surface area contributed by atoms with Crippen LogP contribution in [0.1, 0.15) is 91.9 Å². The van der Waals surface area contributed by atoms with Gasteiger partial charge in [0.05, 0.1) is 0 Å². The van der Waals surface area contributed by atoms with Crippen LogP contribution in [0.2, 0.25) is 0 Å². The zero-order valence-corrected chi connectivity index (χ0v) is 22.7. The zero-order chi connectivity index (χ0) is 22.6. The molecule has 0 N–H and O–H groups in total. The maximum atomic E-state index is 2.61. The standard InChI is InChI=1S/C30H44P2/c1-29(2,31(27-19-11-12-20-27)25-15-7-5-8-16-25)23-24-30(3,4)32(28-21-13-14-22-28)26-17-9-6-10-18-26/h5-10,15-18,27-28H,11-14,19-24H2,1-4H3. The van der Waals surface area contributed by atoms with E-state index >= 15 is 0 Å². The van der Waals surface area contributed by atoms with Gasteiger partial charge in [-0.15, -0.1) is 0 Å². The van der Waals surface area contributed by atoms with Crippen molar-refractivity contribution in [3.05, 3.63) is 60.7 Å². The van der Waals surface area contributed by atoms with E-state index in [1.807, 2.05) is 0 Å². The first-order valence-electron chi connectivity index (χ1n) is 13.1. The van der Waals surface area contributed by atoms with Crippen LogP contribution in [-0.2, 0) is 0 Å². The average Bonchev–Trinajstić information content (AvgIpc) is 3.49. The van der Waals surface area contributed by atoms with Crippen LogP contribution in [0.25, 0.3) is 0 Å². The van der Waals surface area contributed by atoms with E-state index in [-0.39, 0.29) is 15.8 Å². The average molecular weight is 467 g/mol. The molecule has 2 atom stereocenters. The number of rotatable bonds is 9. The van der Waals surface area contributed by atoms with Crippen LogP contribution >= 0.6 is 15.8 Å². The fourth-order valence-electron chi connectivity index (χ4n) is 6.46. The predicted molar refractivity (Wildman–Crippen MR) is 148 cm³/mol. The molecule has 0 saturated heterocycles. The van der Waals surface area contributed by atoms with Crippen LogP contribution in [0.4, 0.5) is 0 Å². The number of benzene rings is 2. The van der Waals surface area contributed by atoms with Crippen molar-refractivity contribution in [2.75, 3.05) is 0 Å². The molecule has 174 valence electrons. The smallest absolute Gasteiger partial charge is 0.0108 e. The van der Waals surface area contributed by atoms with Crippen LogP contribution in [0.3, 0.4) is 0 Å². The van der Waals surface area contributed by atoms with Gasteiger partial charge >= 0.3 is 0 Å². The first-order valence-corrected chi connectivity index (χ1v) is 15.9. The Bertz CT molecular complexity index is 743. The lowest BCUT2D eigenvalue weighted by molar-refractivity contribution is 0.516. The van der Waals surface area contributed by atoms with Crippen LogP contribution < -0.4 is 10.6 Å². The minimum Gasteiger partial charge on any atom is -0.0663 e. The molecule has 0 aromatic heterocycles. The normalized spacial score (nSPS) is 20.5. The van der Waals surface area contributed by atoms with Gasteiger partial charge in [0.2, 0.25) is 0 Å². The Balaban J connectivity index is 1.56. The maximum Gasteiger partial charge on any atom is -0.0108 e. The lowest BCUT2D eigenvalue weighted by Gasteiger charge is -2.44. The molecule has 2 fully saturated rings. The Hall–Kier alpha value is -0.700. The number of hydrogen-bond acceptors (Lipinski definition) is 0. The minimum atomic E-state index is -0.130. The van der Waals surface area contributed by atoms with E-state index < -0.39 is 0 Å². The lowest BCUT2D eigenvalue weighted by atomic mass is 9.99. The van der Waals surface area contributed by atoms with Gasteiger partial charge in [0.1, 0.15) is 0 Å². The molecule has 2 aromatic carbocycles. The van der Waals surface area contributed by atoms with Gasteiger partial charge in [-0.1, -0.05) is 130 Å². The van der Waals surface area contributed by atoms with Crippen molar-refractivity contribution in [3.63, 3.8) is 0 Å². The summed E-state index contributed by atoms with van der Waals surface area (Å²) in [5.41, 5.74) is 1.85. The first kappa shape index (κ1) is 24.4. The van der Waals surface area contributed by atoms with E-state index in [1.54, 1.807) is 10.6 Å². The summed E-state index contributed by atoms with van der Waals surface area (Å²) in [6.45, 7) is 10.4. The maximum absolute atomic E-state index is 2.61. The fraction of sp³-hybridized carbons (Fsp3) is 0.600. The quantitative estimate of drug-likeness (QED) is 0.324. The molecule has 0 amide bonds. The van der Waals surface area contributed by atoms with Crippen molar-refractivity contribution in [1.82, 2.24) is 0 Å². The Morgan fingerprint density at radius 3 is 1.19 bits per heavy atom. The molecule has 32 heavy (non-hydrogen) atoms. The van der Waals surface area contributed by atoms with E-state index in [1.165, 1.54) is 64.2 Å². The van der Waals surface area contributed by atoms with Crippen LogP contribution in [0.5, 0.6) is 0 Å².